The van der Waals surface area contributed by atoms with Gasteiger partial charge in [0.2, 0.25) is 0 Å². The Labute approximate surface area is 168 Å². The molecular weight excluding hydrogens is 404 g/mol. The standard InChI is InChI=1S/C19H21ClN2O5S/c1-19(11-7-9-14(20)17(19)26-3)28(24,25)22-15-10-6-5-8-13(15)12-16(22)18(23)21(2)27-4/h5-10,12H,11H2,1-4H3. The molecule has 28 heavy (non-hydrogen) atoms. The highest BCUT2D eigenvalue weighted by molar-refractivity contribution is 7.91. The lowest BCUT2D eigenvalue weighted by Gasteiger charge is -2.33. The van der Waals surface area contributed by atoms with Gasteiger partial charge in [0.05, 0.1) is 24.8 Å². The molecular formula is C19H21ClN2O5S. The highest BCUT2D eigenvalue weighted by atomic mass is 35.5. The highest BCUT2D eigenvalue weighted by Gasteiger charge is 2.48. The van der Waals surface area contributed by atoms with Crippen LogP contribution in [-0.4, -0.2) is 49.4 Å². The molecule has 1 aliphatic carbocycles. The number of hydrogen-bond donors (Lipinski definition) is 0. The number of para-hydroxylation sites is 1. The molecule has 150 valence electrons. The summed E-state index contributed by atoms with van der Waals surface area (Å²) in [6.07, 6.45) is 3.43. The van der Waals surface area contributed by atoms with Crippen LogP contribution < -0.4 is 0 Å². The van der Waals surface area contributed by atoms with E-state index in [1.165, 1.54) is 34.3 Å². The minimum atomic E-state index is -4.16. The Morgan fingerprint density at radius 3 is 2.61 bits per heavy atom. The lowest BCUT2D eigenvalue weighted by Crippen LogP contribution is -2.44. The van der Waals surface area contributed by atoms with E-state index in [2.05, 4.69) is 0 Å². The molecule has 1 aromatic heterocycles. The summed E-state index contributed by atoms with van der Waals surface area (Å²) in [7, 11) is -0.0357. The van der Waals surface area contributed by atoms with Gasteiger partial charge in [-0.1, -0.05) is 35.9 Å². The molecule has 0 bridgehead atoms. The van der Waals surface area contributed by atoms with Gasteiger partial charge in [0.1, 0.15) is 11.5 Å². The lowest BCUT2D eigenvalue weighted by molar-refractivity contribution is -0.0760. The zero-order valence-corrected chi connectivity index (χ0v) is 17.5. The molecule has 0 spiro atoms. The van der Waals surface area contributed by atoms with Crippen LogP contribution in [0.25, 0.3) is 10.9 Å². The Bertz CT molecular complexity index is 1100. The van der Waals surface area contributed by atoms with Crippen molar-refractivity contribution in [2.24, 2.45) is 0 Å². The van der Waals surface area contributed by atoms with Crippen LogP contribution in [0.1, 0.15) is 23.8 Å². The first kappa shape index (κ1) is 20.4. The summed E-state index contributed by atoms with van der Waals surface area (Å²) in [6, 6.07) is 8.41. The summed E-state index contributed by atoms with van der Waals surface area (Å²) in [4.78, 5) is 17.8. The van der Waals surface area contributed by atoms with E-state index < -0.39 is 20.7 Å². The average molecular weight is 425 g/mol. The van der Waals surface area contributed by atoms with Gasteiger partial charge >= 0.3 is 0 Å². The average Bonchev–Trinajstić information content (AvgIpc) is 3.07. The molecule has 0 N–H and O–H groups in total. The van der Waals surface area contributed by atoms with Gasteiger partial charge in [-0.15, -0.1) is 0 Å². The molecule has 1 unspecified atom stereocenters. The van der Waals surface area contributed by atoms with Crippen LogP contribution in [-0.2, 0) is 19.6 Å². The molecule has 0 fully saturated rings. The number of benzene rings is 1. The van der Waals surface area contributed by atoms with Crippen LogP contribution in [0.3, 0.4) is 0 Å². The van der Waals surface area contributed by atoms with Crippen LogP contribution in [0, 0.1) is 0 Å². The first-order valence-corrected chi connectivity index (χ1v) is 10.3. The number of amides is 1. The van der Waals surface area contributed by atoms with E-state index >= 15 is 0 Å². The Hall–Kier alpha value is -2.29. The maximum Gasteiger partial charge on any atom is 0.294 e. The zero-order valence-electron chi connectivity index (χ0n) is 16.0. The second kappa shape index (κ2) is 7.27. The van der Waals surface area contributed by atoms with E-state index in [0.29, 0.717) is 10.9 Å². The number of methoxy groups -OCH3 is 1. The van der Waals surface area contributed by atoms with Gasteiger partial charge < -0.3 is 4.74 Å². The number of aromatic nitrogens is 1. The Balaban J connectivity index is 2.34. The van der Waals surface area contributed by atoms with Gasteiger partial charge in [-0.25, -0.2) is 17.5 Å². The molecule has 1 aromatic carbocycles. The van der Waals surface area contributed by atoms with Crippen molar-refractivity contribution in [2.75, 3.05) is 21.3 Å². The van der Waals surface area contributed by atoms with Gasteiger partial charge in [0.25, 0.3) is 15.9 Å². The number of hydroxylamine groups is 2. The van der Waals surface area contributed by atoms with Gasteiger partial charge in [0.15, 0.2) is 4.75 Å². The Kier molecular flexibility index (Phi) is 5.31. The summed E-state index contributed by atoms with van der Waals surface area (Å²) >= 11 is 6.23. The molecule has 1 aliphatic rings. The smallest absolute Gasteiger partial charge is 0.294 e. The number of carbonyl (C=O) groups is 1. The fourth-order valence-electron chi connectivity index (χ4n) is 3.33. The summed E-state index contributed by atoms with van der Waals surface area (Å²) in [6.45, 7) is 1.54. The van der Waals surface area contributed by atoms with E-state index in [0.717, 1.165) is 9.04 Å². The molecule has 1 heterocycles. The highest BCUT2D eigenvalue weighted by Crippen LogP contribution is 2.41. The number of allylic oxidation sites excluding steroid dienone is 3. The van der Waals surface area contributed by atoms with Crippen molar-refractivity contribution in [2.45, 2.75) is 18.1 Å². The van der Waals surface area contributed by atoms with Crippen molar-refractivity contribution in [3.63, 3.8) is 0 Å². The third kappa shape index (κ3) is 2.92. The van der Waals surface area contributed by atoms with E-state index in [1.54, 1.807) is 36.4 Å². The third-order valence-electron chi connectivity index (χ3n) is 4.93. The fraction of sp³-hybridized carbons (Fsp3) is 0.316. The van der Waals surface area contributed by atoms with Crippen molar-refractivity contribution in [3.05, 3.63) is 59.0 Å². The number of nitrogens with zero attached hydrogens (tertiary/aromatic N) is 2. The largest absolute Gasteiger partial charge is 0.498 e. The predicted molar refractivity (Wildman–Crippen MR) is 107 cm³/mol. The predicted octanol–water partition coefficient (Wildman–Crippen LogP) is 3.27. The third-order valence-corrected chi connectivity index (χ3v) is 7.59. The van der Waals surface area contributed by atoms with Crippen molar-refractivity contribution in [1.29, 1.82) is 0 Å². The number of fused-ring (bicyclic) bond motifs is 1. The van der Waals surface area contributed by atoms with Crippen LogP contribution in [0.5, 0.6) is 0 Å². The van der Waals surface area contributed by atoms with E-state index in [4.69, 9.17) is 21.2 Å². The molecule has 0 saturated heterocycles. The molecule has 0 radical (unpaired) electrons. The molecule has 0 saturated carbocycles. The molecule has 2 aromatic rings. The number of carbonyl (C=O) groups excluding carboxylic acids is 1. The SMILES string of the molecule is COC1=C(Cl)C=CCC1(C)S(=O)(=O)n1c(C(=O)N(C)OC)cc2ccccc21. The van der Waals surface area contributed by atoms with Crippen molar-refractivity contribution in [3.8, 4) is 0 Å². The summed E-state index contributed by atoms with van der Waals surface area (Å²) in [5.41, 5.74) is 0.352. The minimum Gasteiger partial charge on any atom is -0.498 e. The first-order chi connectivity index (χ1) is 13.2. The monoisotopic (exact) mass is 424 g/mol. The summed E-state index contributed by atoms with van der Waals surface area (Å²) in [5.74, 6) is -0.459. The van der Waals surface area contributed by atoms with Crippen LogP contribution in [0.4, 0.5) is 0 Å². The van der Waals surface area contributed by atoms with Crippen LogP contribution in [0.2, 0.25) is 0 Å². The quantitative estimate of drug-likeness (QED) is 0.688. The second-order valence-corrected chi connectivity index (χ2v) is 9.19. The van der Waals surface area contributed by atoms with Crippen LogP contribution in [0.15, 0.2) is 53.3 Å². The topological polar surface area (TPSA) is 77.8 Å². The number of halogens is 1. The number of hydrogen-bond acceptors (Lipinski definition) is 5. The minimum absolute atomic E-state index is 0.0343. The molecule has 1 atom stereocenters. The second-order valence-electron chi connectivity index (χ2n) is 6.56. The summed E-state index contributed by atoms with van der Waals surface area (Å²) < 4.78 is 32.7. The van der Waals surface area contributed by atoms with Gasteiger partial charge in [-0.05, 0) is 31.6 Å². The normalized spacial score (nSPS) is 19.9. The number of rotatable bonds is 5. The van der Waals surface area contributed by atoms with E-state index in [1.807, 2.05) is 0 Å². The molecule has 7 nitrogen and oxygen atoms in total. The van der Waals surface area contributed by atoms with Gasteiger partial charge in [-0.3, -0.25) is 9.63 Å². The Morgan fingerprint density at radius 1 is 1.29 bits per heavy atom. The van der Waals surface area contributed by atoms with Crippen molar-refractivity contribution < 1.29 is 22.8 Å². The lowest BCUT2D eigenvalue weighted by atomic mass is 9.99. The Morgan fingerprint density at radius 2 is 1.96 bits per heavy atom. The molecule has 1 amide bonds. The molecule has 3 rings (SSSR count). The van der Waals surface area contributed by atoms with Crippen molar-refractivity contribution in [1.82, 2.24) is 9.04 Å². The van der Waals surface area contributed by atoms with Gasteiger partial charge in [-0.2, -0.15) is 0 Å². The van der Waals surface area contributed by atoms with Crippen molar-refractivity contribution >= 4 is 38.4 Å². The molecule has 0 aliphatic heterocycles. The zero-order chi connectivity index (χ0) is 20.7. The number of ether oxygens (including phenoxy) is 1. The van der Waals surface area contributed by atoms with E-state index in [9.17, 15) is 13.2 Å². The van der Waals surface area contributed by atoms with Gasteiger partial charge in [0, 0.05) is 12.4 Å². The van der Waals surface area contributed by atoms with Crippen LogP contribution >= 0.6 is 11.6 Å². The fourth-order valence-corrected chi connectivity index (χ4v) is 5.71. The summed E-state index contributed by atoms with van der Waals surface area (Å²) in [5, 5.41) is 1.80. The maximum atomic E-state index is 13.9. The first-order valence-electron chi connectivity index (χ1n) is 8.47. The molecule has 9 heteroatoms. The van der Waals surface area contributed by atoms with E-state index in [-0.39, 0.29) is 22.9 Å². The maximum absolute atomic E-state index is 13.9.